The van der Waals surface area contributed by atoms with Gasteiger partial charge in [-0.25, -0.2) is 0 Å². The van der Waals surface area contributed by atoms with Gasteiger partial charge in [0.1, 0.15) is 5.56 Å². The van der Waals surface area contributed by atoms with Gasteiger partial charge in [0.05, 0.1) is 5.41 Å². The molecule has 146 valence electrons. The lowest BCUT2D eigenvalue weighted by Gasteiger charge is -2.51. The molecular weight excluding hydrogens is 346 g/mol. The van der Waals surface area contributed by atoms with Crippen LogP contribution >= 0.6 is 0 Å². The summed E-state index contributed by atoms with van der Waals surface area (Å²) in [5, 5.41) is 9.88. The molecule has 0 radical (unpaired) electrons. The number of amides is 1. The highest BCUT2D eigenvalue weighted by Crippen LogP contribution is 2.42. The van der Waals surface area contributed by atoms with E-state index in [1.807, 2.05) is 7.05 Å². The van der Waals surface area contributed by atoms with E-state index in [4.69, 9.17) is 0 Å². The van der Waals surface area contributed by atoms with Crippen LogP contribution in [-0.2, 0) is 17.6 Å². The first-order chi connectivity index (χ1) is 12.9. The number of carbonyl (C=O) groups excluding carboxylic acids is 1. The van der Waals surface area contributed by atoms with Gasteiger partial charge in [0, 0.05) is 24.8 Å². The van der Waals surface area contributed by atoms with Gasteiger partial charge >= 0.3 is 5.97 Å². The zero-order valence-electron chi connectivity index (χ0n) is 15.8. The molecule has 27 heavy (non-hydrogen) atoms. The van der Waals surface area contributed by atoms with Crippen LogP contribution in [0.3, 0.4) is 0 Å². The number of aromatic amines is 1. The molecule has 2 aliphatic heterocycles. The quantitative estimate of drug-likeness (QED) is 0.814. The van der Waals surface area contributed by atoms with Gasteiger partial charge in [-0.15, -0.1) is 0 Å². The highest BCUT2D eigenvalue weighted by Gasteiger charge is 2.53. The predicted octanol–water partition coefficient (Wildman–Crippen LogP) is 1.26. The van der Waals surface area contributed by atoms with Gasteiger partial charge < -0.3 is 19.9 Å². The lowest BCUT2D eigenvalue weighted by atomic mass is 9.68. The maximum Gasteiger partial charge on any atom is 0.311 e. The monoisotopic (exact) mass is 373 g/mol. The number of fused-ring (bicyclic) bond motifs is 2. The van der Waals surface area contributed by atoms with Crippen LogP contribution in [0.15, 0.2) is 10.9 Å². The Bertz CT molecular complexity index is 833. The Morgan fingerprint density at radius 1 is 1.19 bits per heavy atom. The van der Waals surface area contributed by atoms with Crippen molar-refractivity contribution in [1.82, 2.24) is 14.8 Å². The number of rotatable bonds is 2. The van der Waals surface area contributed by atoms with Crippen molar-refractivity contribution in [2.45, 2.75) is 51.0 Å². The van der Waals surface area contributed by atoms with E-state index in [0.29, 0.717) is 25.9 Å². The number of carbonyl (C=O) groups is 2. The first kappa shape index (κ1) is 18.2. The largest absolute Gasteiger partial charge is 0.481 e. The Morgan fingerprint density at radius 2 is 1.96 bits per heavy atom. The van der Waals surface area contributed by atoms with E-state index in [0.717, 1.165) is 49.9 Å². The fourth-order valence-corrected chi connectivity index (χ4v) is 5.17. The summed E-state index contributed by atoms with van der Waals surface area (Å²) in [5.41, 5.74) is 1.10. The normalized spacial score (nSPS) is 28.3. The lowest BCUT2D eigenvalue weighted by Crippen LogP contribution is -2.63. The minimum atomic E-state index is -0.786. The van der Waals surface area contributed by atoms with Gasteiger partial charge in [-0.1, -0.05) is 0 Å². The summed E-state index contributed by atoms with van der Waals surface area (Å²) in [5.74, 6) is -1.04. The Morgan fingerprint density at radius 3 is 2.74 bits per heavy atom. The molecular formula is C20H27N3O4. The molecule has 3 aliphatic rings. The average molecular weight is 373 g/mol. The van der Waals surface area contributed by atoms with Gasteiger partial charge in [0.15, 0.2) is 0 Å². The zero-order chi connectivity index (χ0) is 19.2. The summed E-state index contributed by atoms with van der Waals surface area (Å²) < 4.78 is 0. The molecule has 1 aromatic heterocycles. The molecule has 1 aliphatic carbocycles. The standard InChI is InChI=1S/C20H27N3O4/c1-22-9-4-7-20(19(26)27)8-10-23(12-16(20)22)18(25)14-11-13-5-2-3-6-15(13)21-17(14)24/h11,16H,2-10,12H2,1H3,(H,21,24)(H,26,27)/t16-,20+/m1/s1. The lowest BCUT2D eigenvalue weighted by molar-refractivity contribution is -0.161. The second kappa shape index (κ2) is 6.78. The highest BCUT2D eigenvalue weighted by molar-refractivity contribution is 5.94. The fraction of sp³-hybridized carbons (Fsp3) is 0.650. The highest BCUT2D eigenvalue weighted by atomic mass is 16.4. The Kier molecular flexibility index (Phi) is 4.58. The molecule has 0 saturated carbocycles. The topological polar surface area (TPSA) is 93.7 Å². The minimum Gasteiger partial charge on any atom is -0.481 e. The number of pyridine rings is 1. The molecule has 1 amide bonds. The first-order valence-electron chi connectivity index (χ1n) is 9.90. The molecule has 2 N–H and O–H groups in total. The number of carboxylic acids is 1. The molecule has 0 bridgehead atoms. The fourth-order valence-electron chi connectivity index (χ4n) is 5.17. The number of likely N-dealkylation sites (tertiary alicyclic amines) is 2. The van der Waals surface area contributed by atoms with E-state index in [1.165, 1.54) is 0 Å². The van der Waals surface area contributed by atoms with E-state index in [2.05, 4.69) is 9.88 Å². The molecule has 0 spiro atoms. The molecule has 7 heteroatoms. The average Bonchev–Trinajstić information content (AvgIpc) is 2.67. The zero-order valence-corrected chi connectivity index (χ0v) is 15.8. The molecule has 2 atom stereocenters. The van der Waals surface area contributed by atoms with Gasteiger partial charge in [0.25, 0.3) is 11.5 Å². The van der Waals surface area contributed by atoms with Crippen LogP contribution < -0.4 is 5.56 Å². The van der Waals surface area contributed by atoms with Crippen molar-refractivity contribution in [2.24, 2.45) is 5.41 Å². The minimum absolute atomic E-state index is 0.192. The molecule has 1 aromatic rings. The summed E-state index contributed by atoms with van der Waals surface area (Å²) in [6.45, 7) is 1.57. The number of aliphatic carboxylic acids is 1. The Balaban J connectivity index is 1.61. The number of nitrogens with one attached hydrogen (secondary N) is 1. The second-order valence-corrected chi connectivity index (χ2v) is 8.29. The number of piperidine rings is 2. The maximum absolute atomic E-state index is 13.1. The summed E-state index contributed by atoms with van der Waals surface area (Å²) in [4.78, 5) is 44.3. The maximum atomic E-state index is 13.1. The van der Waals surface area contributed by atoms with Crippen LogP contribution in [0.1, 0.15) is 53.7 Å². The summed E-state index contributed by atoms with van der Waals surface area (Å²) in [6.07, 6.45) is 5.83. The van der Waals surface area contributed by atoms with Crippen molar-refractivity contribution in [3.63, 3.8) is 0 Å². The second-order valence-electron chi connectivity index (χ2n) is 8.29. The number of likely N-dealkylation sites (N-methyl/N-ethyl adjacent to an activating group) is 1. The summed E-state index contributed by atoms with van der Waals surface area (Å²) >= 11 is 0. The molecule has 2 saturated heterocycles. The summed E-state index contributed by atoms with van der Waals surface area (Å²) in [7, 11) is 1.93. The third-order valence-corrected chi connectivity index (χ3v) is 6.81. The molecule has 3 heterocycles. The summed E-state index contributed by atoms with van der Waals surface area (Å²) in [6, 6.07) is 1.55. The van der Waals surface area contributed by atoms with Crippen molar-refractivity contribution in [1.29, 1.82) is 0 Å². The van der Waals surface area contributed by atoms with Crippen molar-refractivity contribution in [2.75, 3.05) is 26.7 Å². The van der Waals surface area contributed by atoms with Gasteiger partial charge in [0.2, 0.25) is 0 Å². The van der Waals surface area contributed by atoms with Gasteiger partial charge in [-0.3, -0.25) is 14.4 Å². The first-order valence-corrected chi connectivity index (χ1v) is 9.90. The van der Waals surface area contributed by atoms with Crippen LogP contribution in [0.2, 0.25) is 0 Å². The van der Waals surface area contributed by atoms with Crippen LogP contribution in [0, 0.1) is 5.41 Å². The van der Waals surface area contributed by atoms with E-state index in [-0.39, 0.29) is 23.1 Å². The van der Waals surface area contributed by atoms with Crippen molar-refractivity contribution < 1.29 is 14.7 Å². The van der Waals surface area contributed by atoms with Crippen LogP contribution in [0.5, 0.6) is 0 Å². The SMILES string of the molecule is CN1CCC[C@]2(C(=O)O)CCN(C(=O)c3cc4c([nH]c3=O)CCCC4)C[C@@H]12. The van der Waals surface area contributed by atoms with Crippen LogP contribution in [-0.4, -0.2) is 64.5 Å². The number of H-pyrrole nitrogens is 1. The van der Waals surface area contributed by atoms with Gasteiger partial charge in [-0.05, 0) is 70.2 Å². The Hall–Kier alpha value is -2.15. The van der Waals surface area contributed by atoms with Crippen LogP contribution in [0.4, 0.5) is 0 Å². The van der Waals surface area contributed by atoms with Crippen LogP contribution in [0.25, 0.3) is 0 Å². The van der Waals surface area contributed by atoms with Crippen molar-refractivity contribution >= 4 is 11.9 Å². The predicted molar refractivity (Wildman–Crippen MR) is 99.9 cm³/mol. The third kappa shape index (κ3) is 2.98. The Labute approximate surface area is 158 Å². The number of hydrogen-bond acceptors (Lipinski definition) is 4. The smallest absolute Gasteiger partial charge is 0.311 e. The number of nitrogens with zero attached hydrogens (tertiary/aromatic N) is 2. The number of aromatic nitrogens is 1. The van der Waals surface area contributed by atoms with Crippen molar-refractivity contribution in [3.05, 3.63) is 33.2 Å². The van der Waals surface area contributed by atoms with E-state index in [1.54, 1.807) is 11.0 Å². The molecule has 0 aromatic carbocycles. The molecule has 7 nitrogen and oxygen atoms in total. The van der Waals surface area contributed by atoms with Gasteiger partial charge in [-0.2, -0.15) is 0 Å². The molecule has 2 fully saturated rings. The van der Waals surface area contributed by atoms with E-state index >= 15 is 0 Å². The van der Waals surface area contributed by atoms with E-state index < -0.39 is 11.4 Å². The van der Waals surface area contributed by atoms with Crippen molar-refractivity contribution in [3.8, 4) is 0 Å². The molecule has 4 rings (SSSR count). The van der Waals surface area contributed by atoms with E-state index in [9.17, 15) is 19.5 Å². The number of hydrogen-bond donors (Lipinski definition) is 2. The molecule has 0 unspecified atom stereocenters. The number of carboxylic acid groups (broad SMARTS) is 1. The third-order valence-electron chi connectivity index (χ3n) is 6.81. The number of aryl methyl sites for hydroxylation is 2.